The van der Waals surface area contributed by atoms with Gasteiger partial charge in [-0.15, -0.1) is 11.3 Å². The molecule has 1 heterocycles. The lowest BCUT2D eigenvalue weighted by Gasteiger charge is -2.10. The Bertz CT molecular complexity index is 641. The molecule has 0 radical (unpaired) electrons. The molecule has 1 aromatic heterocycles. The first-order valence-electron chi connectivity index (χ1n) is 6.08. The topological polar surface area (TPSA) is 111 Å². The summed E-state index contributed by atoms with van der Waals surface area (Å²) in [5, 5.41) is 0. The maximum atomic E-state index is 11.6. The molecule has 1 amide bonds. The number of thiophene rings is 1. The van der Waals surface area contributed by atoms with Crippen LogP contribution in [-0.4, -0.2) is 27.2 Å². The maximum absolute atomic E-state index is 11.6. The molecule has 21 heavy (non-hydrogen) atoms. The van der Waals surface area contributed by atoms with E-state index in [1.165, 1.54) is 11.3 Å². The molecule has 0 aliphatic heterocycles. The molecule has 1 aromatic rings. The normalized spacial score (nSPS) is 10.9. The Labute approximate surface area is 128 Å². The minimum atomic E-state index is -3.96. The van der Waals surface area contributed by atoms with Crippen LogP contribution in [0.5, 0.6) is 0 Å². The Morgan fingerprint density at radius 1 is 1.48 bits per heavy atom. The maximum Gasteiger partial charge on any atom is 0.422 e. The van der Waals surface area contributed by atoms with Gasteiger partial charge in [0.25, 0.3) is 0 Å². The number of carbonyl (C=O) groups excluding carboxylic acids is 1. The van der Waals surface area contributed by atoms with E-state index in [1.54, 1.807) is 30.7 Å². The third-order valence-electron chi connectivity index (χ3n) is 1.97. The number of hydrogen-bond donors (Lipinski definition) is 3. The molecule has 0 aromatic carbocycles. The summed E-state index contributed by atoms with van der Waals surface area (Å²) in [6.45, 7) is 3.56. The molecule has 0 saturated heterocycles. The second-order valence-corrected chi connectivity index (χ2v) is 6.82. The lowest BCUT2D eigenvalue weighted by molar-refractivity contribution is 0.121. The van der Waals surface area contributed by atoms with Gasteiger partial charge in [-0.3, -0.25) is 0 Å². The number of carbonyl (C=O) groups is 1. The number of ether oxygens (including phenoxy) is 1. The van der Waals surface area contributed by atoms with Crippen LogP contribution in [0, 0.1) is 11.8 Å². The summed E-state index contributed by atoms with van der Waals surface area (Å²) in [7, 11) is -3.96. The van der Waals surface area contributed by atoms with Gasteiger partial charge in [-0.1, -0.05) is 11.8 Å². The zero-order valence-electron chi connectivity index (χ0n) is 11.7. The van der Waals surface area contributed by atoms with Crippen molar-refractivity contribution >= 4 is 27.6 Å². The Hall–Kier alpha value is -1.60. The van der Waals surface area contributed by atoms with Crippen LogP contribution in [0.3, 0.4) is 0 Å². The van der Waals surface area contributed by atoms with Gasteiger partial charge in [0.1, 0.15) is 0 Å². The molecule has 0 fully saturated rings. The van der Waals surface area contributed by atoms with Crippen LogP contribution in [0.15, 0.2) is 12.1 Å². The summed E-state index contributed by atoms with van der Waals surface area (Å²) < 4.78 is 31.9. The highest BCUT2D eigenvalue weighted by atomic mass is 32.2. The van der Waals surface area contributed by atoms with Crippen LogP contribution in [0.25, 0.3) is 0 Å². The van der Waals surface area contributed by atoms with E-state index in [0.29, 0.717) is 0 Å². The summed E-state index contributed by atoms with van der Waals surface area (Å²) in [5.74, 6) is 5.56. The standard InChI is InChI=1S/C12H17N3O4S2/c1-9(2)19-12(16)15-21(17,18)14-8-11-6-5-10(20-11)4-3-7-13/h5-6,9,14H,7-8,13H2,1-2H3,(H,15,16). The monoisotopic (exact) mass is 331 g/mol. The van der Waals surface area contributed by atoms with E-state index in [0.717, 1.165) is 9.75 Å². The van der Waals surface area contributed by atoms with E-state index >= 15 is 0 Å². The van der Waals surface area contributed by atoms with E-state index in [-0.39, 0.29) is 13.1 Å². The van der Waals surface area contributed by atoms with Crippen LogP contribution in [-0.2, 0) is 21.5 Å². The van der Waals surface area contributed by atoms with E-state index in [1.807, 2.05) is 0 Å². The van der Waals surface area contributed by atoms with Crippen molar-refractivity contribution in [3.8, 4) is 11.8 Å². The van der Waals surface area contributed by atoms with Gasteiger partial charge in [0.05, 0.1) is 17.5 Å². The summed E-state index contributed by atoms with van der Waals surface area (Å²) in [5.41, 5.74) is 5.27. The van der Waals surface area contributed by atoms with E-state index in [4.69, 9.17) is 5.73 Å². The summed E-state index contributed by atoms with van der Waals surface area (Å²) >= 11 is 1.34. The highest BCUT2D eigenvalue weighted by Gasteiger charge is 2.16. The SMILES string of the molecule is CC(C)OC(=O)NS(=O)(=O)NCc1ccc(C#CCN)s1. The Morgan fingerprint density at radius 2 is 2.19 bits per heavy atom. The van der Waals surface area contributed by atoms with Crippen LogP contribution >= 0.6 is 11.3 Å². The van der Waals surface area contributed by atoms with E-state index in [2.05, 4.69) is 21.3 Å². The van der Waals surface area contributed by atoms with Crippen molar-refractivity contribution in [2.45, 2.75) is 26.5 Å². The highest BCUT2D eigenvalue weighted by Crippen LogP contribution is 2.15. The van der Waals surface area contributed by atoms with Gasteiger partial charge in [-0.2, -0.15) is 13.1 Å². The molecule has 0 aliphatic rings. The van der Waals surface area contributed by atoms with Crippen molar-refractivity contribution in [2.24, 2.45) is 5.73 Å². The molecular weight excluding hydrogens is 314 g/mol. The molecule has 7 nitrogen and oxygen atoms in total. The number of amides is 1. The van der Waals surface area contributed by atoms with Gasteiger partial charge >= 0.3 is 16.3 Å². The minimum absolute atomic E-state index is 0.0548. The van der Waals surface area contributed by atoms with Gasteiger partial charge in [0.2, 0.25) is 0 Å². The zero-order chi connectivity index (χ0) is 15.9. The Balaban J connectivity index is 2.53. The second kappa shape index (κ2) is 7.99. The fourth-order valence-electron chi connectivity index (χ4n) is 1.23. The number of hydrogen-bond acceptors (Lipinski definition) is 6. The van der Waals surface area contributed by atoms with Gasteiger partial charge in [0.15, 0.2) is 0 Å². The predicted molar refractivity (Wildman–Crippen MR) is 80.8 cm³/mol. The number of nitrogens with one attached hydrogen (secondary N) is 2. The van der Waals surface area contributed by atoms with Crippen LogP contribution in [0.1, 0.15) is 23.6 Å². The average Bonchev–Trinajstić information content (AvgIpc) is 2.80. The molecule has 9 heteroatoms. The molecule has 4 N–H and O–H groups in total. The lowest BCUT2D eigenvalue weighted by atomic mass is 10.4. The average molecular weight is 331 g/mol. The molecule has 0 aliphatic carbocycles. The molecule has 1 rings (SSSR count). The second-order valence-electron chi connectivity index (χ2n) is 4.15. The molecule has 0 saturated carbocycles. The van der Waals surface area contributed by atoms with Gasteiger partial charge in [-0.25, -0.2) is 9.52 Å². The molecular formula is C12H17N3O4S2. The fourth-order valence-corrected chi connectivity index (χ4v) is 2.83. The van der Waals surface area contributed by atoms with Gasteiger partial charge in [-0.05, 0) is 26.0 Å². The lowest BCUT2D eigenvalue weighted by Crippen LogP contribution is -2.40. The quantitative estimate of drug-likeness (QED) is 0.682. The van der Waals surface area contributed by atoms with Crippen molar-refractivity contribution in [3.05, 3.63) is 21.9 Å². The third-order valence-corrected chi connectivity index (χ3v) is 3.93. The first-order valence-corrected chi connectivity index (χ1v) is 8.38. The zero-order valence-corrected chi connectivity index (χ0v) is 13.3. The van der Waals surface area contributed by atoms with Crippen molar-refractivity contribution in [1.29, 1.82) is 0 Å². The largest absolute Gasteiger partial charge is 0.446 e. The Morgan fingerprint density at radius 3 is 2.81 bits per heavy atom. The van der Waals surface area contributed by atoms with Gasteiger partial charge in [0, 0.05) is 11.4 Å². The predicted octanol–water partition coefficient (Wildman–Crippen LogP) is 0.527. The van der Waals surface area contributed by atoms with Crippen molar-refractivity contribution in [1.82, 2.24) is 9.44 Å². The Kier molecular flexibility index (Phi) is 6.64. The van der Waals surface area contributed by atoms with Crippen LogP contribution in [0.4, 0.5) is 4.79 Å². The summed E-state index contributed by atoms with van der Waals surface area (Å²) in [4.78, 5) is 12.8. The van der Waals surface area contributed by atoms with E-state index in [9.17, 15) is 13.2 Å². The number of rotatable bonds is 5. The highest BCUT2D eigenvalue weighted by molar-refractivity contribution is 7.88. The first-order chi connectivity index (χ1) is 9.82. The van der Waals surface area contributed by atoms with Crippen molar-refractivity contribution in [2.75, 3.05) is 6.54 Å². The molecule has 0 bridgehead atoms. The molecule has 116 valence electrons. The van der Waals surface area contributed by atoms with Crippen LogP contribution in [0.2, 0.25) is 0 Å². The number of nitrogens with two attached hydrogens (primary N) is 1. The van der Waals surface area contributed by atoms with Gasteiger partial charge < -0.3 is 10.5 Å². The van der Waals surface area contributed by atoms with Crippen molar-refractivity contribution < 1.29 is 17.9 Å². The first kappa shape index (κ1) is 17.5. The third kappa shape index (κ3) is 7.10. The van der Waals surface area contributed by atoms with Crippen LogP contribution < -0.4 is 15.2 Å². The fraction of sp³-hybridized carbons (Fsp3) is 0.417. The molecule has 0 unspecified atom stereocenters. The summed E-state index contributed by atoms with van der Waals surface area (Å²) in [6, 6.07) is 3.53. The molecule has 0 spiro atoms. The van der Waals surface area contributed by atoms with Crippen molar-refractivity contribution in [3.63, 3.8) is 0 Å². The summed E-state index contributed by atoms with van der Waals surface area (Å²) in [6.07, 6.45) is -1.42. The molecule has 0 atom stereocenters. The van der Waals surface area contributed by atoms with E-state index < -0.39 is 22.4 Å². The smallest absolute Gasteiger partial charge is 0.422 e. The minimum Gasteiger partial charge on any atom is -0.446 e.